The molecule has 30 heavy (non-hydrogen) atoms. The summed E-state index contributed by atoms with van der Waals surface area (Å²) in [6.07, 6.45) is 5.27. The summed E-state index contributed by atoms with van der Waals surface area (Å²) in [6.45, 7) is 4.66. The Bertz CT molecular complexity index is 1400. The first kappa shape index (κ1) is 18.2. The predicted octanol–water partition coefficient (Wildman–Crippen LogP) is 4.28. The molecule has 4 aromatic heterocycles. The highest BCUT2D eigenvalue weighted by Gasteiger charge is 2.18. The van der Waals surface area contributed by atoms with Gasteiger partial charge in [-0.15, -0.1) is 5.10 Å². The number of aryl methyl sites for hydroxylation is 2. The molecular formula is C22H19FN6O. The third-order valence-electron chi connectivity index (χ3n) is 5.21. The van der Waals surface area contributed by atoms with Crippen LogP contribution in [-0.2, 0) is 6.54 Å². The Labute approximate surface area is 171 Å². The summed E-state index contributed by atoms with van der Waals surface area (Å²) in [5, 5.41) is 8.35. The van der Waals surface area contributed by atoms with Crippen molar-refractivity contribution in [3.8, 4) is 28.1 Å². The summed E-state index contributed by atoms with van der Waals surface area (Å²) in [6, 6.07) is 8.63. The molecule has 0 aliphatic carbocycles. The number of nitrogens with zero attached hydrogens (tertiary/aromatic N) is 6. The Kier molecular flexibility index (Phi) is 4.20. The van der Waals surface area contributed by atoms with Crippen LogP contribution < -0.4 is 4.74 Å². The maximum Gasteiger partial charge on any atom is 0.183 e. The highest BCUT2D eigenvalue weighted by atomic mass is 19.1. The smallest absolute Gasteiger partial charge is 0.183 e. The average Bonchev–Trinajstić information content (AvgIpc) is 3.35. The van der Waals surface area contributed by atoms with Crippen LogP contribution in [0.25, 0.3) is 39.2 Å². The summed E-state index contributed by atoms with van der Waals surface area (Å²) < 4.78 is 24.4. The standard InChI is InChI=1S/C22H19FN6O/c1-4-28-12-24-20-16(10-25-27-22(20)28)14-5-6-17(23)15(9-14)21-18(30-3)7-8-19-26-13(2)11-29(19)21/h5-12H,4H2,1-3H3. The van der Waals surface area contributed by atoms with Crippen LogP contribution >= 0.6 is 0 Å². The van der Waals surface area contributed by atoms with Crippen LogP contribution in [0.2, 0.25) is 0 Å². The van der Waals surface area contributed by atoms with E-state index in [1.54, 1.807) is 37.8 Å². The van der Waals surface area contributed by atoms with Gasteiger partial charge < -0.3 is 9.30 Å². The maximum atomic E-state index is 15.1. The number of fused-ring (bicyclic) bond motifs is 2. The van der Waals surface area contributed by atoms with E-state index < -0.39 is 0 Å². The molecule has 0 bridgehead atoms. The lowest BCUT2D eigenvalue weighted by molar-refractivity contribution is 0.414. The lowest BCUT2D eigenvalue weighted by Crippen LogP contribution is -1.99. The van der Waals surface area contributed by atoms with E-state index in [9.17, 15) is 0 Å². The molecule has 0 aliphatic heterocycles. The van der Waals surface area contributed by atoms with Crippen LogP contribution in [0.5, 0.6) is 5.75 Å². The number of hydrogen-bond donors (Lipinski definition) is 0. The van der Waals surface area contributed by atoms with Gasteiger partial charge in [0.2, 0.25) is 0 Å². The van der Waals surface area contributed by atoms with E-state index in [1.165, 1.54) is 6.07 Å². The fourth-order valence-electron chi connectivity index (χ4n) is 3.78. The Hall–Kier alpha value is -3.81. The summed E-state index contributed by atoms with van der Waals surface area (Å²) >= 11 is 0. The summed E-state index contributed by atoms with van der Waals surface area (Å²) in [7, 11) is 1.57. The van der Waals surface area contributed by atoms with Crippen LogP contribution in [0.15, 0.2) is 49.1 Å². The zero-order valence-corrected chi connectivity index (χ0v) is 16.8. The number of hydrogen-bond acceptors (Lipinski definition) is 5. The van der Waals surface area contributed by atoms with E-state index in [1.807, 2.05) is 35.1 Å². The van der Waals surface area contributed by atoms with Gasteiger partial charge in [0, 0.05) is 23.9 Å². The quantitative estimate of drug-likeness (QED) is 0.449. The van der Waals surface area contributed by atoms with Gasteiger partial charge in [0.1, 0.15) is 22.7 Å². The van der Waals surface area contributed by atoms with E-state index in [4.69, 9.17) is 4.74 Å². The Morgan fingerprint density at radius 3 is 2.80 bits per heavy atom. The lowest BCUT2D eigenvalue weighted by Gasteiger charge is -2.13. The monoisotopic (exact) mass is 402 g/mol. The number of rotatable bonds is 4. The van der Waals surface area contributed by atoms with Crippen molar-refractivity contribution in [2.75, 3.05) is 7.11 Å². The molecule has 150 valence electrons. The number of benzene rings is 1. The molecule has 0 aliphatic rings. The number of pyridine rings is 1. The summed E-state index contributed by atoms with van der Waals surface area (Å²) in [5.74, 6) is 0.206. The normalized spacial score (nSPS) is 11.5. The van der Waals surface area contributed by atoms with Gasteiger partial charge in [0.25, 0.3) is 0 Å². The Balaban J connectivity index is 1.77. The average molecular weight is 402 g/mol. The molecule has 5 rings (SSSR count). The molecule has 0 saturated carbocycles. The number of halogens is 1. The van der Waals surface area contributed by atoms with Crippen molar-refractivity contribution in [2.24, 2.45) is 0 Å². The molecule has 0 amide bonds. The first-order chi connectivity index (χ1) is 14.6. The topological polar surface area (TPSA) is 70.1 Å². The molecule has 0 unspecified atom stereocenters. The maximum absolute atomic E-state index is 15.1. The largest absolute Gasteiger partial charge is 0.495 e. The van der Waals surface area contributed by atoms with E-state index >= 15 is 4.39 Å². The molecule has 0 N–H and O–H groups in total. The van der Waals surface area contributed by atoms with E-state index in [-0.39, 0.29) is 5.82 Å². The van der Waals surface area contributed by atoms with Crippen molar-refractivity contribution >= 4 is 16.8 Å². The van der Waals surface area contributed by atoms with Crippen molar-refractivity contribution in [3.63, 3.8) is 0 Å². The molecule has 0 spiro atoms. The zero-order valence-electron chi connectivity index (χ0n) is 16.8. The van der Waals surface area contributed by atoms with Crippen molar-refractivity contribution < 1.29 is 9.13 Å². The first-order valence-corrected chi connectivity index (χ1v) is 9.60. The Morgan fingerprint density at radius 2 is 2.00 bits per heavy atom. The van der Waals surface area contributed by atoms with Gasteiger partial charge in [-0.05, 0) is 43.7 Å². The van der Waals surface area contributed by atoms with Crippen molar-refractivity contribution in [3.05, 3.63) is 60.6 Å². The van der Waals surface area contributed by atoms with Gasteiger partial charge in [-0.3, -0.25) is 4.40 Å². The van der Waals surface area contributed by atoms with Gasteiger partial charge in [-0.25, -0.2) is 14.4 Å². The van der Waals surface area contributed by atoms with E-state index in [2.05, 4.69) is 20.2 Å². The second kappa shape index (κ2) is 6.91. The van der Waals surface area contributed by atoms with Gasteiger partial charge in [-0.2, -0.15) is 5.10 Å². The predicted molar refractivity (Wildman–Crippen MR) is 112 cm³/mol. The number of imidazole rings is 2. The minimum Gasteiger partial charge on any atom is -0.495 e. The molecule has 0 atom stereocenters. The fraction of sp³-hybridized carbons (Fsp3) is 0.182. The molecule has 0 radical (unpaired) electrons. The summed E-state index contributed by atoms with van der Waals surface area (Å²) in [4.78, 5) is 9.00. The number of ether oxygens (including phenoxy) is 1. The molecule has 8 heteroatoms. The zero-order chi connectivity index (χ0) is 20.8. The lowest BCUT2D eigenvalue weighted by atomic mass is 10.0. The SMILES string of the molecule is CCn1cnc2c(-c3ccc(F)c(-c4c(OC)ccc5nc(C)cn45)c3)cnnc21. The molecule has 4 heterocycles. The van der Waals surface area contributed by atoms with Crippen LogP contribution in [0.3, 0.4) is 0 Å². The third-order valence-corrected chi connectivity index (χ3v) is 5.21. The highest BCUT2D eigenvalue weighted by Crippen LogP contribution is 2.36. The van der Waals surface area contributed by atoms with Crippen molar-refractivity contribution in [2.45, 2.75) is 20.4 Å². The molecular weight excluding hydrogens is 383 g/mol. The van der Waals surface area contributed by atoms with E-state index in [0.717, 1.165) is 34.5 Å². The molecule has 0 saturated heterocycles. The van der Waals surface area contributed by atoms with Crippen molar-refractivity contribution in [1.29, 1.82) is 0 Å². The van der Waals surface area contributed by atoms with Crippen LogP contribution in [0, 0.1) is 12.7 Å². The highest BCUT2D eigenvalue weighted by molar-refractivity contribution is 5.90. The van der Waals surface area contributed by atoms with Crippen molar-refractivity contribution in [1.82, 2.24) is 29.1 Å². The van der Waals surface area contributed by atoms with Crippen LogP contribution in [-0.4, -0.2) is 36.2 Å². The van der Waals surface area contributed by atoms with Gasteiger partial charge in [0.15, 0.2) is 5.65 Å². The minimum atomic E-state index is -0.353. The number of aromatic nitrogens is 6. The fourth-order valence-corrected chi connectivity index (χ4v) is 3.78. The number of methoxy groups -OCH3 is 1. The summed E-state index contributed by atoms with van der Waals surface area (Å²) in [5.41, 5.74) is 5.59. The molecule has 0 fully saturated rings. The molecule has 1 aromatic carbocycles. The third kappa shape index (κ3) is 2.72. The van der Waals surface area contributed by atoms with Gasteiger partial charge >= 0.3 is 0 Å². The minimum absolute atomic E-state index is 0.353. The van der Waals surface area contributed by atoms with Crippen LogP contribution in [0.1, 0.15) is 12.6 Å². The van der Waals surface area contributed by atoms with Gasteiger partial charge in [-0.1, -0.05) is 6.07 Å². The second-order valence-electron chi connectivity index (χ2n) is 7.02. The van der Waals surface area contributed by atoms with E-state index in [0.29, 0.717) is 22.7 Å². The molecule has 5 aromatic rings. The Morgan fingerprint density at radius 1 is 1.13 bits per heavy atom. The first-order valence-electron chi connectivity index (χ1n) is 9.60. The van der Waals surface area contributed by atoms with Crippen LogP contribution in [0.4, 0.5) is 4.39 Å². The second-order valence-corrected chi connectivity index (χ2v) is 7.02. The molecule has 7 nitrogen and oxygen atoms in total. The van der Waals surface area contributed by atoms with Gasteiger partial charge in [0.05, 0.1) is 31.0 Å².